The van der Waals surface area contributed by atoms with E-state index >= 15 is 0 Å². The molecule has 0 radical (unpaired) electrons. The van der Waals surface area contributed by atoms with Crippen LogP contribution in [0.4, 0.5) is 0 Å². The lowest BCUT2D eigenvalue weighted by Crippen LogP contribution is -2.41. The molecule has 2 aromatic carbocycles. The van der Waals surface area contributed by atoms with Gasteiger partial charge in [-0.25, -0.2) is 4.98 Å². The molecule has 0 saturated heterocycles. The van der Waals surface area contributed by atoms with Crippen LogP contribution >= 0.6 is 0 Å². The van der Waals surface area contributed by atoms with Gasteiger partial charge in [0.15, 0.2) is 6.10 Å². The molecular formula is C23H27N3O4. The van der Waals surface area contributed by atoms with Crippen LogP contribution in [0.2, 0.25) is 0 Å². The highest BCUT2D eigenvalue weighted by molar-refractivity contribution is 5.81. The van der Waals surface area contributed by atoms with Crippen molar-refractivity contribution >= 4 is 16.8 Å². The van der Waals surface area contributed by atoms with Crippen LogP contribution in [0.1, 0.15) is 32.5 Å². The van der Waals surface area contributed by atoms with Crippen molar-refractivity contribution in [2.24, 2.45) is 0 Å². The zero-order valence-corrected chi connectivity index (χ0v) is 17.6. The number of fused-ring (bicyclic) bond motifs is 1. The van der Waals surface area contributed by atoms with Gasteiger partial charge in [0.25, 0.3) is 11.5 Å². The second-order valence-electron chi connectivity index (χ2n) is 7.08. The maximum Gasteiger partial charge on any atom is 0.263 e. The number of amides is 1. The molecule has 7 nitrogen and oxygen atoms in total. The van der Waals surface area contributed by atoms with Gasteiger partial charge in [-0.3, -0.25) is 9.59 Å². The molecule has 3 rings (SSSR count). The van der Waals surface area contributed by atoms with E-state index in [0.29, 0.717) is 29.0 Å². The van der Waals surface area contributed by atoms with E-state index in [0.717, 1.165) is 18.6 Å². The minimum atomic E-state index is -0.678. The molecule has 3 aromatic rings. The molecule has 0 aliphatic carbocycles. The van der Waals surface area contributed by atoms with Crippen molar-refractivity contribution in [1.82, 2.24) is 14.9 Å². The Morgan fingerprint density at radius 3 is 2.53 bits per heavy atom. The van der Waals surface area contributed by atoms with E-state index in [1.54, 1.807) is 61.4 Å². The number of hydrogen-bond acceptors (Lipinski definition) is 5. The normalized spacial score (nSPS) is 11.8. The Bertz CT molecular complexity index is 1050. The third kappa shape index (κ3) is 5.17. The van der Waals surface area contributed by atoms with Crippen LogP contribution in [-0.4, -0.2) is 40.5 Å². The lowest BCUT2D eigenvalue weighted by Gasteiger charge is -2.26. The fourth-order valence-electron chi connectivity index (χ4n) is 3.17. The van der Waals surface area contributed by atoms with Gasteiger partial charge in [-0.2, -0.15) is 0 Å². The number of nitrogens with zero attached hydrogens (tertiary/aromatic N) is 2. The first-order valence-electron chi connectivity index (χ1n) is 10.1. The number of para-hydroxylation sites is 1. The number of carbonyl (C=O) groups excluding carboxylic acids is 1. The Hall–Kier alpha value is -3.35. The molecule has 0 bridgehead atoms. The maximum atomic E-state index is 13.1. The van der Waals surface area contributed by atoms with E-state index in [-0.39, 0.29) is 18.0 Å². The fraction of sp³-hybridized carbons (Fsp3) is 0.348. The highest BCUT2D eigenvalue weighted by Gasteiger charge is 2.23. The summed E-state index contributed by atoms with van der Waals surface area (Å²) in [4.78, 5) is 34.5. The van der Waals surface area contributed by atoms with E-state index in [1.165, 1.54) is 0 Å². The number of ether oxygens (including phenoxy) is 2. The minimum absolute atomic E-state index is 0.157. The molecule has 30 heavy (non-hydrogen) atoms. The third-order valence-corrected chi connectivity index (χ3v) is 4.82. The van der Waals surface area contributed by atoms with Gasteiger partial charge in [-0.05, 0) is 49.7 Å². The summed E-state index contributed by atoms with van der Waals surface area (Å²) in [6, 6.07) is 14.3. The first-order valence-corrected chi connectivity index (χ1v) is 10.1. The number of nitrogens with one attached hydrogen (secondary N) is 1. The van der Waals surface area contributed by atoms with Gasteiger partial charge in [0, 0.05) is 6.54 Å². The van der Waals surface area contributed by atoms with Crippen LogP contribution < -0.4 is 15.0 Å². The lowest BCUT2D eigenvalue weighted by molar-refractivity contribution is -0.138. The van der Waals surface area contributed by atoms with Gasteiger partial charge in [0.2, 0.25) is 0 Å². The summed E-state index contributed by atoms with van der Waals surface area (Å²) in [6.45, 7) is 4.57. The predicted molar refractivity (Wildman–Crippen MR) is 116 cm³/mol. The fourth-order valence-corrected chi connectivity index (χ4v) is 3.17. The summed E-state index contributed by atoms with van der Waals surface area (Å²) in [5, 5.41) is 0.531. The van der Waals surface area contributed by atoms with Crippen LogP contribution in [0.3, 0.4) is 0 Å². The van der Waals surface area contributed by atoms with Gasteiger partial charge < -0.3 is 19.4 Å². The third-order valence-electron chi connectivity index (χ3n) is 4.82. The highest BCUT2D eigenvalue weighted by atomic mass is 16.5. The molecule has 0 aliphatic rings. The molecule has 1 N–H and O–H groups in total. The monoisotopic (exact) mass is 409 g/mol. The average molecular weight is 409 g/mol. The smallest absolute Gasteiger partial charge is 0.263 e. The first kappa shape index (κ1) is 21.4. The van der Waals surface area contributed by atoms with Crippen molar-refractivity contribution in [2.45, 2.75) is 39.3 Å². The number of carbonyl (C=O) groups is 1. The largest absolute Gasteiger partial charge is 0.497 e. The van der Waals surface area contributed by atoms with Crippen LogP contribution in [0.25, 0.3) is 10.9 Å². The number of rotatable bonds is 9. The Kier molecular flexibility index (Phi) is 7.06. The van der Waals surface area contributed by atoms with E-state index in [1.807, 2.05) is 6.07 Å². The van der Waals surface area contributed by atoms with E-state index < -0.39 is 6.10 Å². The Labute approximate surface area is 175 Å². The summed E-state index contributed by atoms with van der Waals surface area (Å²) in [6.07, 6.45) is 1.11. The number of aromatic nitrogens is 2. The van der Waals surface area contributed by atoms with Gasteiger partial charge in [0.1, 0.15) is 17.3 Å². The van der Waals surface area contributed by atoms with Gasteiger partial charge in [-0.1, -0.05) is 25.5 Å². The standard InChI is InChI=1S/C23H27N3O4/c1-4-5-14-26(15-21-24-20-9-7-6-8-19(20)22(27)25-21)23(28)16(2)30-18-12-10-17(29-3)11-13-18/h6-13,16H,4-5,14-15H2,1-3H3,(H,24,25,27)/t16-/m0/s1. The Balaban J connectivity index is 1.77. The maximum absolute atomic E-state index is 13.1. The van der Waals surface area contributed by atoms with Crippen LogP contribution in [0, 0.1) is 0 Å². The topological polar surface area (TPSA) is 84.5 Å². The summed E-state index contributed by atoms with van der Waals surface area (Å²) in [5.74, 6) is 1.61. The number of aromatic amines is 1. The van der Waals surface area contributed by atoms with Crippen LogP contribution in [0.5, 0.6) is 11.5 Å². The first-order chi connectivity index (χ1) is 14.5. The second-order valence-corrected chi connectivity index (χ2v) is 7.08. The highest BCUT2D eigenvalue weighted by Crippen LogP contribution is 2.19. The Morgan fingerprint density at radius 2 is 1.83 bits per heavy atom. The molecule has 7 heteroatoms. The molecule has 1 aromatic heterocycles. The van der Waals surface area contributed by atoms with E-state index in [9.17, 15) is 9.59 Å². The number of unbranched alkanes of at least 4 members (excludes halogenated alkanes) is 1. The summed E-state index contributed by atoms with van der Waals surface area (Å²) >= 11 is 0. The molecule has 0 saturated carbocycles. The van der Waals surface area contributed by atoms with Gasteiger partial charge in [-0.15, -0.1) is 0 Å². The summed E-state index contributed by atoms with van der Waals surface area (Å²) < 4.78 is 11.0. The van der Waals surface area contributed by atoms with Crippen LogP contribution in [0.15, 0.2) is 53.3 Å². The van der Waals surface area contributed by atoms with Gasteiger partial charge in [0.05, 0.1) is 24.6 Å². The molecule has 0 fully saturated rings. The average Bonchev–Trinajstić information content (AvgIpc) is 2.76. The van der Waals surface area contributed by atoms with Crippen molar-refractivity contribution in [2.75, 3.05) is 13.7 Å². The summed E-state index contributed by atoms with van der Waals surface area (Å²) in [5.41, 5.74) is 0.405. The zero-order valence-electron chi connectivity index (χ0n) is 17.6. The molecule has 1 atom stereocenters. The van der Waals surface area contributed by atoms with Crippen molar-refractivity contribution < 1.29 is 14.3 Å². The lowest BCUT2D eigenvalue weighted by atomic mass is 10.2. The van der Waals surface area contributed by atoms with E-state index in [2.05, 4.69) is 16.9 Å². The molecule has 0 spiro atoms. The molecule has 158 valence electrons. The zero-order chi connectivity index (χ0) is 21.5. The molecule has 1 heterocycles. The van der Waals surface area contributed by atoms with Crippen LogP contribution in [-0.2, 0) is 11.3 Å². The number of H-pyrrole nitrogens is 1. The molecule has 0 unspecified atom stereocenters. The number of methoxy groups -OCH3 is 1. The quantitative estimate of drug-likeness (QED) is 0.584. The predicted octanol–water partition coefficient (Wildman–Crippen LogP) is 3.53. The molecule has 0 aliphatic heterocycles. The second kappa shape index (κ2) is 9.91. The van der Waals surface area contributed by atoms with Gasteiger partial charge >= 0.3 is 0 Å². The van der Waals surface area contributed by atoms with E-state index in [4.69, 9.17) is 9.47 Å². The van der Waals surface area contributed by atoms with Crippen molar-refractivity contribution in [3.8, 4) is 11.5 Å². The number of hydrogen-bond donors (Lipinski definition) is 1. The minimum Gasteiger partial charge on any atom is -0.497 e. The number of benzene rings is 2. The SMILES string of the molecule is CCCCN(Cc1nc2ccccc2c(=O)[nH]1)C(=O)[C@H](C)Oc1ccc(OC)cc1. The van der Waals surface area contributed by atoms with Crippen molar-refractivity contribution in [1.29, 1.82) is 0 Å². The molecule has 1 amide bonds. The van der Waals surface area contributed by atoms with Crippen molar-refractivity contribution in [3.05, 3.63) is 64.7 Å². The summed E-state index contributed by atoms with van der Waals surface area (Å²) in [7, 11) is 1.60. The molecular weight excluding hydrogens is 382 g/mol. The van der Waals surface area contributed by atoms with Crippen molar-refractivity contribution in [3.63, 3.8) is 0 Å². The Morgan fingerprint density at radius 1 is 1.13 bits per heavy atom.